The van der Waals surface area contributed by atoms with Crippen molar-refractivity contribution in [2.75, 3.05) is 0 Å². The van der Waals surface area contributed by atoms with Crippen LogP contribution in [0.4, 0.5) is 0 Å². The van der Waals surface area contributed by atoms with Crippen molar-refractivity contribution in [1.29, 1.82) is 0 Å². The smallest absolute Gasteiger partial charge is 0.153 e. The number of aryl methyl sites for hydroxylation is 1. The summed E-state index contributed by atoms with van der Waals surface area (Å²) in [5.74, 6) is 1.90. The first kappa shape index (κ1) is 12.2. The van der Waals surface area contributed by atoms with Gasteiger partial charge in [-0.05, 0) is 26.2 Å². The van der Waals surface area contributed by atoms with Gasteiger partial charge in [-0.2, -0.15) is 0 Å². The van der Waals surface area contributed by atoms with Crippen LogP contribution in [0, 0.1) is 6.92 Å². The highest BCUT2D eigenvalue weighted by molar-refractivity contribution is 5.07. The molecule has 0 bridgehead atoms. The Bertz CT molecular complexity index is 312. The second kappa shape index (κ2) is 4.75. The molecular weight excluding hydrogens is 188 g/mol. The zero-order valence-corrected chi connectivity index (χ0v) is 10.2. The van der Waals surface area contributed by atoms with Crippen LogP contribution in [0.15, 0.2) is 0 Å². The van der Waals surface area contributed by atoms with Crippen molar-refractivity contribution in [2.24, 2.45) is 5.73 Å². The van der Waals surface area contributed by atoms with E-state index in [1.807, 2.05) is 6.92 Å². The Kier molecular flexibility index (Phi) is 3.85. The monoisotopic (exact) mass is 210 g/mol. The molecule has 0 atom stereocenters. The number of nitrogens with two attached hydrogens (primary N) is 1. The second-order valence-electron chi connectivity index (χ2n) is 4.09. The standard InChI is InChI=1S/C11H22N4/c1-5-8-15-9(4)13-14-10(15)11(12,6-2)7-3/h5-8,12H2,1-4H3. The molecule has 0 unspecified atom stereocenters. The molecule has 0 saturated carbocycles. The van der Waals surface area contributed by atoms with Crippen molar-refractivity contribution < 1.29 is 0 Å². The fraction of sp³-hybridized carbons (Fsp3) is 0.818. The van der Waals surface area contributed by atoms with Crippen LogP contribution in [0.1, 0.15) is 51.7 Å². The van der Waals surface area contributed by atoms with E-state index >= 15 is 0 Å². The van der Waals surface area contributed by atoms with Crippen LogP contribution in [0.2, 0.25) is 0 Å². The Hall–Kier alpha value is -0.900. The minimum Gasteiger partial charge on any atom is -0.319 e. The van der Waals surface area contributed by atoms with Crippen LogP contribution < -0.4 is 5.73 Å². The van der Waals surface area contributed by atoms with Gasteiger partial charge in [0.05, 0.1) is 5.54 Å². The van der Waals surface area contributed by atoms with Gasteiger partial charge in [0.1, 0.15) is 5.82 Å². The van der Waals surface area contributed by atoms with Crippen molar-refractivity contribution in [3.63, 3.8) is 0 Å². The SMILES string of the molecule is CCCn1c(C)nnc1C(N)(CC)CC. The van der Waals surface area contributed by atoms with Crippen molar-refractivity contribution >= 4 is 0 Å². The summed E-state index contributed by atoms with van der Waals surface area (Å²) in [7, 11) is 0. The maximum Gasteiger partial charge on any atom is 0.153 e. The number of hydrogen-bond acceptors (Lipinski definition) is 3. The Labute approximate surface area is 91.9 Å². The minimum absolute atomic E-state index is 0.323. The molecule has 4 nitrogen and oxygen atoms in total. The highest BCUT2D eigenvalue weighted by Gasteiger charge is 2.29. The quantitative estimate of drug-likeness (QED) is 0.808. The number of aromatic nitrogens is 3. The van der Waals surface area contributed by atoms with Gasteiger partial charge >= 0.3 is 0 Å². The summed E-state index contributed by atoms with van der Waals surface area (Å²) in [4.78, 5) is 0. The van der Waals surface area contributed by atoms with Crippen LogP contribution in [0.3, 0.4) is 0 Å². The topological polar surface area (TPSA) is 56.7 Å². The van der Waals surface area contributed by atoms with Gasteiger partial charge in [0.25, 0.3) is 0 Å². The third-order valence-corrected chi connectivity index (χ3v) is 3.09. The van der Waals surface area contributed by atoms with Crippen molar-refractivity contribution in [2.45, 2.75) is 59.0 Å². The minimum atomic E-state index is -0.323. The van der Waals surface area contributed by atoms with E-state index in [0.29, 0.717) is 0 Å². The first-order chi connectivity index (χ1) is 7.09. The summed E-state index contributed by atoms with van der Waals surface area (Å²) >= 11 is 0. The van der Waals surface area contributed by atoms with Crippen LogP contribution in [-0.2, 0) is 12.1 Å². The maximum absolute atomic E-state index is 6.34. The van der Waals surface area contributed by atoms with Crippen LogP contribution in [0.25, 0.3) is 0 Å². The van der Waals surface area contributed by atoms with Crippen molar-refractivity contribution in [3.05, 3.63) is 11.6 Å². The van der Waals surface area contributed by atoms with Crippen LogP contribution >= 0.6 is 0 Å². The molecular formula is C11H22N4. The molecule has 86 valence electrons. The largest absolute Gasteiger partial charge is 0.319 e. The van der Waals surface area contributed by atoms with Gasteiger partial charge in [-0.3, -0.25) is 0 Å². The molecule has 0 aliphatic carbocycles. The Morgan fingerprint density at radius 1 is 1.20 bits per heavy atom. The van der Waals surface area contributed by atoms with E-state index in [1.54, 1.807) is 0 Å². The molecule has 0 amide bonds. The molecule has 0 fully saturated rings. The third-order valence-electron chi connectivity index (χ3n) is 3.09. The molecule has 1 rings (SSSR count). The molecule has 15 heavy (non-hydrogen) atoms. The molecule has 0 aromatic carbocycles. The van der Waals surface area contributed by atoms with Gasteiger partial charge in [0.2, 0.25) is 0 Å². The molecule has 1 heterocycles. The van der Waals surface area contributed by atoms with E-state index in [1.165, 1.54) is 0 Å². The summed E-state index contributed by atoms with van der Waals surface area (Å²) in [5, 5.41) is 8.37. The molecule has 0 radical (unpaired) electrons. The Morgan fingerprint density at radius 3 is 2.27 bits per heavy atom. The molecule has 0 saturated heterocycles. The summed E-state index contributed by atoms with van der Waals surface area (Å²) in [6, 6.07) is 0. The lowest BCUT2D eigenvalue weighted by molar-refractivity contribution is 0.366. The zero-order chi connectivity index (χ0) is 11.5. The number of rotatable bonds is 5. The van der Waals surface area contributed by atoms with Crippen LogP contribution in [-0.4, -0.2) is 14.8 Å². The van der Waals surface area contributed by atoms with Gasteiger partial charge in [0, 0.05) is 6.54 Å². The third kappa shape index (κ3) is 2.20. The van der Waals surface area contributed by atoms with Crippen LogP contribution in [0.5, 0.6) is 0 Å². The Balaban J connectivity index is 3.12. The number of nitrogens with zero attached hydrogens (tertiary/aromatic N) is 3. The number of hydrogen-bond donors (Lipinski definition) is 1. The van der Waals surface area contributed by atoms with E-state index in [2.05, 4.69) is 35.5 Å². The molecule has 0 aliphatic rings. The molecule has 1 aromatic rings. The van der Waals surface area contributed by atoms with Gasteiger partial charge in [-0.15, -0.1) is 10.2 Å². The second-order valence-corrected chi connectivity index (χ2v) is 4.09. The maximum atomic E-state index is 6.34. The fourth-order valence-corrected chi connectivity index (χ4v) is 1.81. The Morgan fingerprint density at radius 2 is 1.80 bits per heavy atom. The van der Waals surface area contributed by atoms with Crippen molar-refractivity contribution in [3.8, 4) is 0 Å². The zero-order valence-electron chi connectivity index (χ0n) is 10.2. The average molecular weight is 210 g/mol. The predicted octanol–water partition coefficient (Wildman–Crippen LogP) is 1.97. The molecule has 0 aliphatic heterocycles. The van der Waals surface area contributed by atoms with E-state index in [0.717, 1.165) is 37.5 Å². The van der Waals surface area contributed by atoms with Gasteiger partial charge in [-0.25, -0.2) is 0 Å². The first-order valence-electron chi connectivity index (χ1n) is 5.78. The first-order valence-corrected chi connectivity index (χ1v) is 5.78. The van der Waals surface area contributed by atoms with Gasteiger partial charge in [-0.1, -0.05) is 20.8 Å². The summed E-state index contributed by atoms with van der Waals surface area (Å²) in [6.07, 6.45) is 2.87. The molecule has 2 N–H and O–H groups in total. The molecule has 0 spiro atoms. The lowest BCUT2D eigenvalue weighted by Crippen LogP contribution is -2.38. The predicted molar refractivity (Wildman–Crippen MR) is 61.5 cm³/mol. The molecule has 1 aromatic heterocycles. The van der Waals surface area contributed by atoms with E-state index in [9.17, 15) is 0 Å². The lowest BCUT2D eigenvalue weighted by atomic mass is 9.93. The lowest BCUT2D eigenvalue weighted by Gasteiger charge is -2.26. The average Bonchev–Trinajstić information content (AvgIpc) is 2.61. The highest BCUT2D eigenvalue weighted by atomic mass is 15.3. The van der Waals surface area contributed by atoms with Gasteiger partial charge < -0.3 is 10.3 Å². The van der Waals surface area contributed by atoms with E-state index < -0.39 is 0 Å². The summed E-state index contributed by atoms with van der Waals surface area (Å²) in [6.45, 7) is 9.29. The fourth-order valence-electron chi connectivity index (χ4n) is 1.81. The highest BCUT2D eigenvalue weighted by Crippen LogP contribution is 2.24. The normalized spacial score (nSPS) is 12.1. The summed E-state index contributed by atoms with van der Waals surface area (Å²) in [5.41, 5.74) is 6.02. The van der Waals surface area contributed by atoms with Crippen molar-refractivity contribution in [1.82, 2.24) is 14.8 Å². The molecule has 4 heteroatoms. The van der Waals surface area contributed by atoms with E-state index in [4.69, 9.17) is 5.73 Å². The summed E-state index contributed by atoms with van der Waals surface area (Å²) < 4.78 is 2.15. The van der Waals surface area contributed by atoms with Gasteiger partial charge in [0.15, 0.2) is 5.82 Å². The van der Waals surface area contributed by atoms with E-state index in [-0.39, 0.29) is 5.54 Å².